The molecule has 0 unspecified atom stereocenters. The van der Waals surface area contributed by atoms with E-state index >= 15 is 0 Å². The summed E-state index contributed by atoms with van der Waals surface area (Å²) in [5.41, 5.74) is 1.15. The summed E-state index contributed by atoms with van der Waals surface area (Å²) in [6.07, 6.45) is 1.60. The van der Waals surface area contributed by atoms with Crippen molar-refractivity contribution in [3.05, 3.63) is 82.4 Å². The molecule has 3 rings (SSSR count). The highest BCUT2D eigenvalue weighted by atomic mass is 32.1. The molecule has 0 saturated heterocycles. The van der Waals surface area contributed by atoms with Crippen LogP contribution in [0.25, 0.3) is 0 Å². The predicted octanol–water partition coefficient (Wildman–Crippen LogP) is 3.34. The minimum absolute atomic E-state index is 0.0190. The van der Waals surface area contributed by atoms with Gasteiger partial charge in [0, 0.05) is 4.88 Å². The van der Waals surface area contributed by atoms with Gasteiger partial charge in [-0.05, 0) is 29.1 Å². The molecule has 0 aliphatic rings. The first kappa shape index (κ1) is 15.5. The third-order valence-electron chi connectivity index (χ3n) is 3.47. The van der Waals surface area contributed by atoms with Crippen LogP contribution in [0.1, 0.15) is 22.2 Å². The molecular weight excluding hydrogens is 308 g/mol. The normalized spacial score (nSPS) is 12.0. The molecule has 0 aliphatic carbocycles. The molecule has 1 aromatic carbocycles. The van der Waals surface area contributed by atoms with Crippen molar-refractivity contribution in [1.82, 2.24) is 10.6 Å². The number of hydrogen-bond donors (Lipinski definition) is 2. The van der Waals surface area contributed by atoms with Gasteiger partial charge in [0.05, 0.1) is 25.4 Å². The highest BCUT2D eigenvalue weighted by molar-refractivity contribution is 7.10. The minimum atomic E-state index is -0.0566. The van der Waals surface area contributed by atoms with E-state index in [2.05, 4.69) is 28.8 Å². The van der Waals surface area contributed by atoms with Crippen molar-refractivity contribution in [2.24, 2.45) is 0 Å². The third kappa shape index (κ3) is 4.31. The van der Waals surface area contributed by atoms with Crippen LogP contribution in [0.5, 0.6) is 0 Å². The first-order valence-corrected chi connectivity index (χ1v) is 8.32. The molecule has 1 amide bonds. The van der Waals surface area contributed by atoms with Gasteiger partial charge in [-0.1, -0.05) is 36.4 Å². The van der Waals surface area contributed by atoms with Gasteiger partial charge in [-0.15, -0.1) is 11.3 Å². The summed E-state index contributed by atoms with van der Waals surface area (Å²) in [6, 6.07) is 17.9. The SMILES string of the molecule is O=C(CN[C@H](c1ccccc1)c1cccs1)NCc1ccco1. The Hall–Kier alpha value is -2.37. The topological polar surface area (TPSA) is 54.3 Å². The van der Waals surface area contributed by atoms with Crippen molar-refractivity contribution < 1.29 is 9.21 Å². The number of carbonyl (C=O) groups is 1. The zero-order valence-corrected chi connectivity index (χ0v) is 13.4. The third-order valence-corrected chi connectivity index (χ3v) is 4.40. The van der Waals surface area contributed by atoms with Crippen LogP contribution in [0.2, 0.25) is 0 Å². The summed E-state index contributed by atoms with van der Waals surface area (Å²) in [6.45, 7) is 0.653. The van der Waals surface area contributed by atoms with Crippen LogP contribution < -0.4 is 10.6 Å². The zero-order valence-electron chi connectivity index (χ0n) is 12.6. The fraction of sp³-hybridized carbons (Fsp3) is 0.167. The standard InChI is InChI=1S/C18H18N2O2S/c21-17(19-12-15-8-4-10-22-15)13-20-18(16-9-5-11-23-16)14-6-2-1-3-7-14/h1-11,18,20H,12-13H2,(H,19,21)/t18-/m1/s1. The Bertz CT molecular complexity index is 709. The summed E-state index contributed by atoms with van der Waals surface area (Å²) in [4.78, 5) is 13.2. The zero-order chi connectivity index (χ0) is 15.9. The predicted molar refractivity (Wildman–Crippen MR) is 91.2 cm³/mol. The first-order chi connectivity index (χ1) is 11.3. The van der Waals surface area contributed by atoms with Crippen molar-refractivity contribution in [1.29, 1.82) is 0 Å². The monoisotopic (exact) mass is 326 g/mol. The Morgan fingerprint density at radius 2 is 1.96 bits per heavy atom. The summed E-state index contributed by atoms with van der Waals surface area (Å²) >= 11 is 1.68. The Balaban J connectivity index is 1.59. The molecule has 118 valence electrons. The fourth-order valence-corrected chi connectivity index (χ4v) is 3.17. The highest BCUT2D eigenvalue weighted by Crippen LogP contribution is 2.25. The van der Waals surface area contributed by atoms with E-state index in [1.54, 1.807) is 17.6 Å². The van der Waals surface area contributed by atoms with Gasteiger partial charge in [-0.25, -0.2) is 0 Å². The van der Waals surface area contributed by atoms with Crippen molar-refractivity contribution >= 4 is 17.2 Å². The second-order valence-electron chi connectivity index (χ2n) is 5.10. The number of amides is 1. The summed E-state index contributed by atoms with van der Waals surface area (Å²) in [7, 11) is 0. The van der Waals surface area contributed by atoms with Crippen molar-refractivity contribution in [3.8, 4) is 0 Å². The lowest BCUT2D eigenvalue weighted by molar-refractivity contribution is -0.120. The maximum Gasteiger partial charge on any atom is 0.234 e. The molecule has 0 saturated carbocycles. The van der Waals surface area contributed by atoms with Gasteiger partial charge in [-0.2, -0.15) is 0 Å². The summed E-state index contributed by atoms with van der Waals surface area (Å²) in [5.74, 6) is 0.690. The number of carbonyl (C=O) groups excluding carboxylic acids is 1. The molecule has 1 atom stereocenters. The van der Waals surface area contributed by atoms with E-state index in [9.17, 15) is 4.79 Å². The summed E-state index contributed by atoms with van der Waals surface area (Å²) in [5, 5.41) is 8.23. The van der Waals surface area contributed by atoms with Gasteiger partial charge in [0.15, 0.2) is 0 Å². The Morgan fingerprint density at radius 1 is 1.09 bits per heavy atom. The quantitative estimate of drug-likeness (QED) is 0.700. The molecule has 2 aromatic heterocycles. The average Bonchev–Trinajstić information content (AvgIpc) is 3.28. The maximum atomic E-state index is 12.0. The van der Waals surface area contributed by atoms with Gasteiger partial charge in [0.1, 0.15) is 5.76 Å². The van der Waals surface area contributed by atoms with Crippen molar-refractivity contribution in [3.63, 3.8) is 0 Å². The number of hydrogen-bond acceptors (Lipinski definition) is 4. The van der Waals surface area contributed by atoms with E-state index in [4.69, 9.17) is 4.42 Å². The molecule has 2 heterocycles. The summed E-state index contributed by atoms with van der Waals surface area (Å²) < 4.78 is 5.20. The van der Waals surface area contributed by atoms with Crippen LogP contribution in [0.4, 0.5) is 0 Å². The maximum absolute atomic E-state index is 12.0. The van der Waals surface area contributed by atoms with Crippen molar-refractivity contribution in [2.75, 3.05) is 6.54 Å². The molecular formula is C18H18N2O2S. The average molecular weight is 326 g/mol. The van der Waals surface area contributed by atoms with E-state index in [1.165, 1.54) is 4.88 Å². The van der Waals surface area contributed by atoms with Crippen molar-refractivity contribution in [2.45, 2.75) is 12.6 Å². The van der Waals surface area contributed by atoms with Crippen LogP contribution in [0, 0.1) is 0 Å². The number of thiophene rings is 1. The van der Waals surface area contributed by atoms with Gasteiger partial charge in [-0.3, -0.25) is 10.1 Å². The van der Waals surface area contributed by atoms with E-state index in [-0.39, 0.29) is 18.5 Å². The van der Waals surface area contributed by atoms with E-state index in [0.29, 0.717) is 6.54 Å². The van der Waals surface area contributed by atoms with Gasteiger partial charge in [0.25, 0.3) is 0 Å². The van der Waals surface area contributed by atoms with E-state index < -0.39 is 0 Å². The largest absolute Gasteiger partial charge is 0.467 e. The lowest BCUT2D eigenvalue weighted by Crippen LogP contribution is -2.35. The Morgan fingerprint density at radius 3 is 2.65 bits per heavy atom. The number of nitrogens with one attached hydrogen (secondary N) is 2. The molecule has 3 aromatic rings. The second kappa shape index (κ2) is 7.76. The highest BCUT2D eigenvalue weighted by Gasteiger charge is 2.15. The van der Waals surface area contributed by atoms with Gasteiger partial charge >= 0.3 is 0 Å². The fourth-order valence-electron chi connectivity index (χ4n) is 2.34. The van der Waals surface area contributed by atoms with E-state index in [0.717, 1.165) is 11.3 Å². The molecule has 0 radical (unpaired) electrons. The lowest BCUT2D eigenvalue weighted by Gasteiger charge is -2.17. The van der Waals surface area contributed by atoms with Crippen LogP contribution in [0.3, 0.4) is 0 Å². The van der Waals surface area contributed by atoms with E-state index in [1.807, 2.05) is 41.8 Å². The Kier molecular flexibility index (Phi) is 5.24. The molecule has 0 bridgehead atoms. The van der Waals surface area contributed by atoms with Gasteiger partial charge in [0.2, 0.25) is 5.91 Å². The molecule has 23 heavy (non-hydrogen) atoms. The first-order valence-electron chi connectivity index (χ1n) is 7.44. The smallest absolute Gasteiger partial charge is 0.234 e. The molecule has 4 nitrogen and oxygen atoms in total. The van der Waals surface area contributed by atoms with Crippen LogP contribution in [0.15, 0.2) is 70.7 Å². The molecule has 0 fully saturated rings. The van der Waals surface area contributed by atoms with Crippen LogP contribution in [-0.4, -0.2) is 12.5 Å². The molecule has 5 heteroatoms. The molecule has 2 N–H and O–H groups in total. The van der Waals surface area contributed by atoms with Crippen LogP contribution in [-0.2, 0) is 11.3 Å². The molecule has 0 aliphatic heterocycles. The number of furan rings is 1. The number of benzene rings is 1. The number of rotatable bonds is 7. The van der Waals surface area contributed by atoms with Crippen LogP contribution >= 0.6 is 11.3 Å². The minimum Gasteiger partial charge on any atom is -0.467 e. The second-order valence-corrected chi connectivity index (χ2v) is 6.08. The lowest BCUT2D eigenvalue weighted by atomic mass is 10.1. The van der Waals surface area contributed by atoms with Gasteiger partial charge < -0.3 is 9.73 Å². The Labute approximate surface area is 139 Å². The molecule has 0 spiro atoms.